The first-order valence-electron chi connectivity index (χ1n) is 16.8. The highest BCUT2D eigenvalue weighted by Crippen LogP contribution is 2.34. The fourth-order valence-electron chi connectivity index (χ4n) is 5.31. The topological polar surface area (TPSA) is 88.2 Å². The number of nitrogens with zero attached hydrogens (tertiary/aromatic N) is 2. The molecule has 1 heterocycles. The Labute approximate surface area is 301 Å². The molecule has 1 aliphatic rings. The van der Waals surface area contributed by atoms with Crippen molar-refractivity contribution >= 4 is 23.6 Å². The predicted octanol–water partition coefficient (Wildman–Crippen LogP) is 6.03. The van der Waals surface area contributed by atoms with Crippen LogP contribution in [0, 0.1) is 0 Å². The summed E-state index contributed by atoms with van der Waals surface area (Å²) in [6.45, 7) is 8.19. The van der Waals surface area contributed by atoms with Gasteiger partial charge in [-0.05, 0) is 47.9 Å². The number of hydrogen-bond acceptors (Lipinski definition) is 9. The lowest BCUT2D eigenvalue weighted by Gasteiger charge is -2.36. The maximum absolute atomic E-state index is 12.9. The molecule has 1 saturated heterocycles. The molecule has 0 bridgehead atoms. The Morgan fingerprint density at radius 1 is 0.760 bits per heavy atom. The summed E-state index contributed by atoms with van der Waals surface area (Å²) in [5.74, 6) is 1.02. The fourth-order valence-corrected chi connectivity index (χ4v) is 5.44. The quantitative estimate of drug-likeness (QED) is 0.0570. The van der Waals surface area contributed by atoms with E-state index in [9.17, 15) is 4.79 Å². The molecule has 1 amide bonds. The fraction of sp³-hybridized carbons (Fsp3) is 0.410. The molecule has 3 aromatic rings. The van der Waals surface area contributed by atoms with Gasteiger partial charge < -0.3 is 38.1 Å². The first-order valence-corrected chi connectivity index (χ1v) is 17.2. The van der Waals surface area contributed by atoms with Crippen molar-refractivity contribution in [2.45, 2.75) is 12.5 Å². The van der Waals surface area contributed by atoms with Gasteiger partial charge in [-0.25, -0.2) is 0 Å². The van der Waals surface area contributed by atoms with Crippen LogP contribution in [0.15, 0.2) is 91.0 Å². The third kappa shape index (κ3) is 12.5. The number of carbonyl (C=O) groups is 1. The molecule has 0 N–H and O–H groups in total. The van der Waals surface area contributed by atoms with E-state index in [0.717, 1.165) is 36.3 Å². The summed E-state index contributed by atoms with van der Waals surface area (Å²) in [5, 5.41) is 0.694. The molecule has 0 saturated carbocycles. The van der Waals surface area contributed by atoms with Crippen LogP contribution in [-0.4, -0.2) is 109 Å². The lowest BCUT2D eigenvalue weighted by Crippen LogP contribution is -2.49. The second-order valence-electron chi connectivity index (χ2n) is 11.7. The largest absolute Gasteiger partial charge is 0.464 e. The third-order valence-corrected chi connectivity index (χ3v) is 8.52. The molecule has 3 aromatic carbocycles. The second kappa shape index (κ2) is 21.5. The van der Waals surface area contributed by atoms with Crippen LogP contribution in [0.4, 0.5) is 0 Å². The number of methoxy groups -OCH3 is 2. The average molecular weight is 709 g/mol. The van der Waals surface area contributed by atoms with Gasteiger partial charge in [-0.2, -0.15) is 0 Å². The van der Waals surface area contributed by atoms with E-state index in [-0.39, 0.29) is 19.5 Å². The Kier molecular flexibility index (Phi) is 16.8. The van der Waals surface area contributed by atoms with Crippen LogP contribution in [0.5, 0.6) is 11.5 Å². The van der Waals surface area contributed by atoms with Gasteiger partial charge in [-0.1, -0.05) is 78.4 Å². The normalized spacial score (nSPS) is 15.1. The van der Waals surface area contributed by atoms with E-state index in [1.807, 2.05) is 77.7 Å². The van der Waals surface area contributed by atoms with Gasteiger partial charge in [-0.15, -0.1) is 0 Å². The van der Waals surface area contributed by atoms with Crippen LogP contribution in [0.1, 0.15) is 23.6 Å². The minimum absolute atomic E-state index is 0.0145. The summed E-state index contributed by atoms with van der Waals surface area (Å²) in [5.41, 5.74) is 2.40. The average Bonchev–Trinajstić information content (AvgIpc) is 3.14. The van der Waals surface area contributed by atoms with Crippen molar-refractivity contribution in [2.75, 3.05) is 93.6 Å². The van der Waals surface area contributed by atoms with Crippen molar-refractivity contribution in [2.24, 2.45) is 0 Å². The van der Waals surface area contributed by atoms with Crippen molar-refractivity contribution < 1.29 is 38.0 Å². The number of benzene rings is 3. The number of amides is 1. The zero-order valence-electron chi connectivity index (χ0n) is 29.3. The number of halogens is 1. The molecule has 1 unspecified atom stereocenters. The maximum Gasteiger partial charge on any atom is 0.246 e. The first kappa shape index (κ1) is 39.1. The Bertz CT molecular complexity index is 1480. The smallest absolute Gasteiger partial charge is 0.246 e. The van der Waals surface area contributed by atoms with Gasteiger partial charge in [0.1, 0.15) is 5.60 Å². The molecule has 10 nitrogen and oxygen atoms in total. The number of ether oxygens (including phenoxy) is 7. The number of hydrogen-bond donors (Lipinski definition) is 0. The Morgan fingerprint density at radius 2 is 1.40 bits per heavy atom. The molecule has 0 radical (unpaired) electrons. The van der Waals surface area contributed by atoms with E-state index in [0.29, 0.717) is 62.6 Å². The van der Waals surface area contributed by atoms with Crippen molar-refractivity contribution in [1.29, 1.82) is 0 Å². The van der Waals surface area contributed by atoms with Crippen LogP contribution >= 0.6 is 11.6 Å². The Balaban J connectivity index is 1.24. The molecule has 4 rings (SSSR count). The molecule has 11 heteroatoms. The molecule has 270 valence electrons. The van der Waals surface area contributed by atoms with Crippen molar-refractivity contribution in [3.63, 3.8) is 0 Å². The zero-order chi connectivity index (χ0) is 35.4. The zero-order valence-corrected chi connectivity index (χ0v) is 30.0. The number of piperazine rings is 1. The molecule has 0 spiro atoms. The van der Waals surface area contributed by atoms with E-state index in [4.69, 9.17) is 44.8 Å². The monoisotopic (exact) mass is 708 g/mol. The van der Waals surface area contributed by atoms with Gasteiger partial charge in [0.25, 0.3) is 0 Å². The molecule has 0 aliphatic carbocycles. The highest BCUT2D eigenvalue weighted by atomic mass is 35.5. The highest BCUT2D eigenvalue weighted by Gasteiger charge is 2.30. The number of rotatable bonds is 21. The highest BCUT2D eigenvalue weighted by molar-refractivity contribution is 6.30. The van der Waals surface area contributed by atoms with Crippen molar-refractivity contribution in [1.82, 2.24) is 9.80 Å². The Hall–Kier alpha value is -3.74. The van der Waals surface area contributed by atoms with Crippen molar-refractivity contribution in [3.8, 4) is 11.5 Å². The third-order valence-electron chi connectivity index (χ3n) is 8.27. The Morgan fingerprint density at radius 3 is 2.06 bits per heavy atom. The van der Waals surface area contributed by atoms with Gasteiger partial charge in [0.2, 0.25) is 5.91 Å². The van der Waals surface area contributed by atoms with E-state index in [2.05, 4.69) is 24.0 Å². The summed E-state index contributed by atoms with van der Waals surface area (Å²) in [7, 11) is 3.23. The van der Waals surface area contributed by atoms with E-state index in [1.54, 1.807) is 26.4 Å². The van der Waals surface area contributed by atoms with Crippen LogP contribution in [0.2, 0.25) is 5.02 Å². The van der Waals surface area contributed by atoms with Gasteiger partial charge in [0.15, 0.2) is 25.1 Å². The molecule has 0 aromatic heterocycles. The summed E-state index contributed by atoms with van der Waals surface area (Å²) in [6, 6.07) is 23.6. The van der Waals surface area contributed by atoms with Crippen LogP contribution in [0.3, 0.4) is 0 Å². The minimum atomic E-state index is -0.607. The maximum atomic E-state index is 12.9. The lowest BCUT2D eigenvalue weighted by atomic mass is 9.88. The minimum Gasteiger partial charge on any atom is -0.464 e. The molecule has 1 atom stereocenters. The SMILES string of the molecule is COCCOCOc1ccc(C=CC=CC(=O)N2CCN(CCOC(C)(c3ccccc3)c3ccc(Cl)cc3)CC2)cc1OCOCCOC. The first-order chi connectivity index (χ1) is 24.4. The lowest BCUT2D eigenvalue weighted by molar-refractivity contribution is -0.127. The van der Waals surface area contributed by atoms with Gasteiger partial charge in [0, 0.05) is 58.0 Å². The standard InChI is InChI=1S/C39H49ClN2O8/c1-39(33-10-5-4-6-11-33,34-14-16-35(40)17-15-34)50-24-23-41-19-21-42(22-20-41)38(43)12-8-7-9-32-13-18-36(48-30-46-27-25-44-2)37(29-32)49-31-47-28-26-45-3/h4-18,29H,19-28,30-31H2,1-3H3. The molecule has 1 aliphatic heterocycles. The van der Waals surface area contributed by atoms with Gasteiger partial charge in [-0.3, -0.25) is 9.69 Å². The molecular weight excluding hydrogens is 660 g/mol. The van der Waals surface area contributed by atoms with Crippen molar-refractivity contribution in [3.05, 3.63) is 113 Å². The molecule has 50 heavy (non-hydrogen) atoms. The molecular formula is C39H49ClN2O8. The van der Waals surface area contributed by atoms with Crippen LogP contribution in [-0.2, 0) is 34.1 Å². The number of allylic oxidation sites excluding steroid dienone is 2. The van der Waals surface area contributed by atoms with E-state index >= 15 is 0 Å². The van der Waals surface area contributed by atoms with Crippen LogP contribution < -0.4 is 9.47 Å². The molecule has 1 fully saturated rings. The summed E-state index contributed by atoms with van der Waals surface area (Å²) in [4.78, 5) is 17.1. The summed E-state index contributed by atoms with van der Waals surface area (Å²) >= 11 is 6.16. The predicted molar refractivity (Wildman–Crippen MR) is 195 cm³/mol. The van der Waals surface area contributed by atoms with E-state index in [1.165, 1.54) is 0 Å². The van der Waals surface area contributed by atoms with Crippen LogP contribution in [0.25, 0.3) is 6.08 Å². The van der Waals surface area contributed by atoms with E-state index < -0.39 is 5.60 Å². The van der Waals surface area contributed by atoms with Gasteiger partial charge >= 0.3 is 0 Å². The number of carbonyl (C=O) groups excluding carboxylic acids is 1. The summed E-state index contributed by atoms with van der Waals surface area (Å²) in [6.07, 6.45) is 7.08. The van der Waals surface area contributed by atoms with Gasteiger partial charge in [0.05, 0.1) is 33.0 Å². The summed E-state index contributed by atoms with van der Waals surface area (Å²) < 4.78 is 39.0. The second-order valence-corrected chi connectivity index (χ2v) is 12.1.